The minimum atomic E-state index is -0.286. The first kappa shape index (κ1) is 18.1. The molecular weight excluding hydrogens is 350 g/mol. The van der Waals surface area contributed by atoms with E-state index in [1.807, 2.05) is 60.4 Å². The third-order valence-electron chi connectivity index (χ3n) is 5.34. The molecule has 1 atom stereocenters. The second-order valence-electron chi connectivity index (χ2n) is 6.92. The molecule has 4 nitrogen and oxygen atoms in total. The van der Waals surface area contributed by atoms with E-state index in [9.17, 15) is 4.79 Å². The Hall–Kier alpha value is -3.27. The van der Waals surface area contributed by atoms with Crippen molar-refractivity contribution in [2.45, 2.75) is 18.9 Å². The van der Waals surface area contributed by atoms with Crippen LogP contribution in [0.25, 0.3) is 0 Å². The molecule has 4 rings (SSSR count). The van der Waals surface area contributed by atoms with E-state index in [-0.39, 0.29) is 17.9 Å². The van der Waals surface area contributed by atoms with Gasteiger partial charge >= 0.3 is 0 Å². The van der Waals surface area contributed by atoms with Crippen LogP contribution in [0.5, 0.6) is 11.5 Å². The monoisotopic (exact) mass is 373 g/mol. The third kappa shape index (κ3) is 2.91. The average molecular weight is 373 g/mol. The topological polar surface area (TPSA) is 38.8 Å². The van der Waals surface area contributed by atoms with Gasteiger partial charge in [0.25, 0.3) is 0 Å². The van der Waals surface area contributed by atoms with Crippen molar-refractivity contribution in [2.24, 2.45) is 0 Å². The normalized spacial score (nSPS) is 15.6. The number of carbonyl (C=O) groups is 1. The zero-order valence-corrected chi connectivity index (χ0v) is 16.3. The molecule has 0 spiro atoms. The van der Waals surface area contributed by atoms with Crippen LogP contribution in [0.2, 0.25) is 0 Å². The van der Waals surface area contributed by atoms with Crippen LogP contribution in [-0.2, 0) is 4.79 Å². The van der Waals surface area contributed by atoms with Crippen molar-refractivity contribution in [3.05, 3.63) is 89.5 Å². The van der Waals surface area contributed by atoms with Gasteiger partial charge in [-0.15, -0.1) is 0 Å². The quantitative estimate of drug-likeness (QED) is 0.636. The van der Waals surface area contributed by atoms with E-state index in [0.29, 0.717) is 11.5 Å². The van der Waals surface area contributed by atoms with Crippen LogP contribution in [0.1, 0.15) is 35.6 Å². The lowest BCUT2D eigenvalue weighted by atomic mass is 9.97. The highest BCUT2D eigenvalue weighted by Crippen LogP contribution is 2.49. The van der Waals surface area contributed by atoms with Crippen molar-refractivity contribution < 1.29 is 14.3 Å². The van der Waals surface area contributed by atoms with Crippen LogP contribution in [0, 0.1) is 0 Å². The smallest absolute Gasteiger partial charge is 0.235 e. The molecule has 28 heavy (non-hydrogen) atoms. The number of benzene rings is 3. The molecule has 0 saturated heterocycles. The van der Waals surface area contributed by atoms with Crippen LogP contribution in [-0.4, -0.2) is 20.1 Å². The van der Waals surface area contributed by atoms with Gasteiger partial charge in [-0.2, -0.15) is 0 Å². The number of ether oxygens (including phenoxy) is 2. The number of fused-ring (bicyclic) bond motifs is 1. The molecule has 4 heteroatoms. The number of anilines is 1. The molecule has 0 saturated carbocycles. The van der Waals surface area contributed by atoms with E-state index in [4.69, 9.17) is 9.47 Å². The summed E-state index contributed by atoms with van der Waals surface area (Å²) >= 11 is 0. The molecule has 0 aromatic heterocycles. The Balaban J connectivity index is 1.95. The number of methoxy groups -OCH3 is 2. The van der Waals surface area contributed by atoms with Crippen molar-refractivity contribution in [1.82, 2.24) is 0 Å². The lowest BCUT2D eigenvalue weighted by molar-refractivity contribution is -0.119. The molecule has 1 aliphatic rings. The maximum atomic E-state index is 13.4. The maximum absolute atomic E-state index is 13.4. The maximum Gasteiger partial charge on any atom is 0.235 e. The Bertz CT molecular complexity index is 946. The molecular formula is C24H23NO3. The van der Waals surface area contributed by atoms with Crippen LogP contribution >= 0.6 is 0 Å². The molecule has 0 bridgehead atoms. The standard InChI is InChI=1S/C24H23NO3/c1-16-22-20(14-19(27-2)15-21(22)28-3)25(24(16)26)23(17-10-6-4-7-11-17)18-12-8-5-9-13-18/h4-16,23H,1-3H3/t16-/m1/s1. The predicted octanol–water partition coefficient (Wildman–Crippen LogP) is 4.94. The van der Waals surface area contributed by atoms with Gasteiger partial charge in [-0.25, -0.2) is 0 Å². The summed E-state index contributed by atoms with van der Waals surface area (Å²) in [5.41, 5.74) is 3.87. The molecule has 3 aromatic carbocycles. The first-order valence-corrected chi connectivity index (χ1v) is 9.34. The van der Waals surface area contributed by atoms with Crippen LogP contribution in [0.3, 0.4) is 0 Å². The highest BCUT2D eigenvalue weighted by atomic mass is 16.5. The third-order valence-corrected chi connectivity index (χ3v) is 5.34. The number of nitrogens with zero attached hydrogens (tertiary/aromatic N) is 1. The second kappa shape index (κ2) is 7.39. The Labute approximate surface area is 165 Å². The van der Waals surface area contributed by atoms with E-state index >= 15 is 0 Å². The fourth-order valence-corrected chi connectivity index (χ4v) is 3.99. The van der Waals surface area contributed by atoms with Gasteiger partial charge in [-0.05, 0) is 18.1 Å². The van der Waals surface area contributed by atoms with Crippen molar-refractivity contribution >= 4 is 11.6 Å². The summed E-state index contributed by atoms with van der Waals surface area (Å²) < 4.78 is 11.1. The fraction of sp³-hybridized carbons (Fsp3) is 0.208. The van der Waals surface area contributed by atoms with Crippen molar-refractivity contribution in [1.29, 1.82) is 0 Å². The number of amides is 1. The lowest BCUT2D eigenvalue weighted by Crippen LogP contribution is -2.33. The molecule has 1 amide bonds. The Kier molecular flexibility index (Phi) is 4.78. The fourth-order valence-electron chi connectivity index (χ4n) is 3.99. The molecule has 1 aliphatic heterocycles. The summed E-state index contributed by atoms with van der Waals surface area (Å²) in [4.78, 5) is 15.3. The van der Waals surface area contributed by atoms with Gasteiger partial charge in [0.1, 0.15) is 11.5 Å². The van der Waals surface area contributed by atoms with Gasteiger partial charge in [0.05, 0.1) is 31.9 Å². The van der Waals surface area contributed by atoms with E-state index < -0.39 is 0 Å². The van der Waals surface area contributed by atoms with Crippen LogP contribution in [0.15, 0.2) is 72.8 Å². The van der Waals surface area contributed by atoms with Crippen molar-refractivity contribution in [2.75, 3.05) is 19.1 Å². The van der Waals surface area contributed by atoms with Gasteiger partial charge in [0, 0.05) is 17.7 Å². The summed E-state index contributed by atoms with van der Waals surface area (Å²) in [6.45, 7) is 1.93. The van der Waals surface area contributed by atoms with Crippen molar-refractivity contribution in [3.63, 3.8) is 0 Å². The average Bonchev–Trinajstić information content (AvgIpc) is 3.00. The van der Waals surface area contributed by atoms with Gasteiger partial charge in [-0.1, -0.05) is 60.7 Å². The molecule has 0 unspecified atom stereocenters. The summed E-state index contributed by atoms with van der Waals surface area (Å²) in [5.74, 6) is 1.12. The van der Waals surface area contributed by atoms with Gasteiger partial charge in [-0.3, -0.25) is 9.69 Å². The molecule has 0 fully saturated rings. The van der Waals surface area contributed by atoms with Crippen LogP contribution < -0.4 is 14.4 Å². The van der Waals surface area contributed by atoms with E-state index in [1.165, 1.54) is 0 Å². The molecule has 0 radical (unpaired) electrons. The zero-order valence-electron chi connectivity index (χ0n) is 16.3. The molecule has 0 aliphatic carbocycles. The van der Waals surface area contributed by atoms with E-state index in [0.717, 1.165) is 22.4 Å². The predicted molar refractivity (Wildman–Crippen MR) is 110 cm³/mol. The largest absolute Gasteiger partial charge is 0.497 e. The minimum absolute atomic E-state index is 0.0549. The highest BCUT2D eigenvalue weighted by molar-refractivity contribution is 6.07. The van der Waals surface area contributed by atoms with Crippen LogP contribution in [0.4, 0.5) is 5.69 Å². The van der Waals surface area contributed by atoms with Gasteiger partial charge in [0.2, 0.25) is 5.91 Å². The number of hydrogen-bond acceptors (Lipinski definition) is 3. The molecule has 3 aromatic rings. The first-order valence-electron chi connectivity index (χ1n) is 9.34. The highest BCUT2D eigenvalue weighted by Gasteiger charge is 2.42. The Morgan fingerprint density at radius 1 is 0.857 bits per heavy atom. The first-order chi connectivity index (χ1) is 13.7. The summed E-state index contributed by atoms with van der Waals surface area (Å²) in [6, 6.07) is 23.8. The number of rotatable bonds is 5. The molecule has 0 N–H and O–H groups in total. The summed E-state index contributed by atoms with van der Waals surface area (Å²) in [7, 11) is 3.25. The van der Waals surface area contributed by atoms with E-state index in [1.54, 1.807) is 14.2 Å². The molecule has 1 heterocycles. The van der Waals surface area contributed by atoms with Gasteiger partial charge in [0.15, 0.2) is 0 Å². The minimum Gasteiger partial charge on any atom is -0.497 e. The van der Waals surface area contributed by atoms with Gasteiger partial charge < -0.3 is 9.47 Å². The zero-order chi connectivity index (χ0) is 19.7. The number of carbonyl (C=O) groups excluding carboxylic acids is 1. The number of hydrogen-bond donors (Lipinski definition) is 0. The second-order valence-corrected chi connectivity index (χ2v) is 6.92. The van der Waals surface area contributed by atoms with E-state index in [2.05, 4.69) is 24.3 Å². The summed E-state index contributed by atoms with van der Waals surface area (Å²) in [5, 5.41) is 0. The van der Waals surface area contributed by atoms with Crippen molar-refractivity contribution in [3.8, 4) is 11.5 Å². The Morgan fingerprint density at radius 2 is 1.43 bits per heavy atom. The summed E-state index contributed by atoms with van der Waals surface area (Å²) in [6.07, 6.45) is 0. The molecule has 142 valence electrons. The lowest BCUT2D eigenvalue weighted by Gasteiger charge is -2.30. The SMILES string of the molecule is COc1cc(OC)c2c(c1)N(C(c1ccccc1)c1ccccc1)C(=O)[C@@H]2C. The Morgan fingerprint density at radius 3 is 1.93 bits per heavy atom.